The molecular formula is C22H25N3O5. The smallest absolute Gasteiger partial charge is 0.353 e. The van der Waals surface area contributed by atoms with Crippen LogP contribution in [0.2, 0.25) is 0 Å². The number of methoxy groups -OCH3 is 2. The van der Waals surface area contributed by atoms with Gasteiger partial charge in [0.15, 0.2) is 0 Å². The average Bonchev–Trinajstić information content (AvgIpc) is 3.18. The molecule has 2 heterocycles. The number of ether oxygens (including phenoxy) is 2. The zero-order valence-electron chi connectivity index (χ0n) is 17.3. The standard InChI is InChI=1S/C22H25N3O5/c1-15-8-7-11-17(23-15)20(26)24-19(14-28-2)18-13-22(30-25-18,21(27)29-3)12-16-9-5-4-6-10-16/h4-11,19H,12-14H2,1-3H3,(H,24,26)/t19-,22?/m0/s1. The Labute approximate surface area is 175 Å². The molecule has 2 atom stereocenters. The lowest BCUT2D eigenvalue weighted by Gasteiger charge is -2.24. The lowest BCUT2D eigenvalue weighted by molar-refractivity contribution is -0.166. The second-order valence-corrected chi connectivity index (χ2v) is 7.14. The molecule has 8 heteroatoms. The van der Waals surface area contributed by atoms with Crippen LogP contribution in [-0.2, 0) is 25.5 Å². The van der Waals surface area contributed by atoms with Crippen LogP contribution in [0.25, 0.3) is 0 Å². The second kappa shape index (κ2) is 9.49. The van der Waals surface area contributed by atoms with Crippen molar-refractivity contribution in [1.82, 2.24) is 10.3 Å². The summed E-state index contributed by atoms with van der Waals surface area (Å²) in [6, 6.07) is 14.1. The molecule has 1 aromatic carbocycles. The third-order valence-electron chi connectivity index (χ3n) is 4.86. The Hall–Kier alpha value is -3.26. The summed E-state index contributed by atoms with van der Waals surface area (Å²) in [5.41, 5.74) is 1.15. The number of carbonyl (C=O) groups is 2. The number of oxime groups is 1. The van der Waals surface area contributed by atoms with Crippen molar-refractivity contribution in [1.29, 1.82) is 0 Å². The number of hydrogen-bond acceptors (Lipinski definition) is 7. The molecule has 2 aromatic rings. The molecule has 30 heavy (non-hydrogen) atoms. The summed E-state index contributed by atoms with van der Waals surface area (Å²) >= 11 is 0. The monoisotopic (exact) mass is 411 g/mol. The van der Waals surface area contributed by atoms with E-state index in [0.29, 0.717) is 17.8 Å². The van der Waals surface area contributed by atoms with Crippen LogP contribution in [0.1, 0.15) is 28.2 Å². The van der Waals surface area contributed by atoms with Gasteiger partial charge in [-0.1, -0.05) is 41.6 Å². The first-order chi connectivity index (χ1) is 14.5. The van der Waals surface area contributed by atoms with Gasteiger partial charge in [0.2, 0.25) is 5.60 Å². The van der Waals surface area contributed by atoms with Crippen molar-refractivity contribution in [2.24, 2.45) is 5.16 Å². The van der Waals surface area contributed by atoms with Crippen LogP contribution in [0.15, 0.2) is 53.7 Å². The van der Waals surface area contributed by atoms with Crippen molar-refractivity contribution >= 4 is 17.6 Å². The number of carbonyl (C=O) groups excluding carboxylic acids is 2. The Balaban J connectivity index is 1.78. The summed E-state index contributed by atoms with van der Waals surface area (Å²) in [6.45, 7) is 1.98. The molecule has 0 bridgehead atoms. The first kappa shape index (κ1) is 21.4. The quantitative estimate of drug-likeness (QED) is 0.668. The second-order valence-electron chi connectivity index (χ2n) is 7.14. The van der Waals surface area contributed by atoms with E-state index in [-0.39, 0.29) is 18.9 Å². The Bertz CT molecular complexity index is 931. The van der Waals surface area contributed by atoms with Crippen molar-refractivity contribution in [3.05, 3.63) is 65.5 Å². The number of nitrogens with one attached hydrogen (secondary N) is 1. The molecule has 1 aromatic heterocycles. The molecule has 8 nitrogen and oxygen atoms in total. The molecule has 1 aliphatic rings. The summed E-state index contributed by atoms with van der Waals surface area (Å²) in [7, 11) is 2.84. The Morgan fingerprint density at radius 1 is 1.17 bits per heavy atom. The van der Waals surface area contributed by atoms with Gasteiger partial charge in [-0.2, -0.15) is 0 Å². The summed E-state index contributed by atoms with van der Waals surface area (Å²) in [5.74, 6) is -0.880. The molecular weight excluding hydrogens is 386 g/mol. The highest BCUT2D eigenvalue weighted by atomic mass is 16.7. The van der Waals surface area contributed by atoms with Crippen LogP contribution < -0.4 is 5.32 Å². The van der Waals surface area contributed by atoms with Crippen molar-refractivity contribution in [2.45, 2.75) is 31.4 Å². The molecule has 1 unspecified atom stereocenters. The van der Waals surface area contributed by atoms with Crippen LogP contribution in [0.3, 0.4) is 0 Å². The maximum absolute atomic E-state index is 12.7. The Morgan fingerprint density at radius 3 is 2.60 bits per heavy atom. The highest BCUT2D eigenvalue weighted by Gasteiger charge is 2.49. The van der Waals surface area contributed by atoms with Gasteiger partial charge in [0.1, 0.15) is 5.69 Å². The van der Waals surface area contributed by atoms with E-state index in [2.05, 4.69) is 15.5 Å². The third-order valence-corrected chi connectivity index (χ3v) is 4.86. The average molecular weight is 411 g/mol. The number of hydrogen-bond donors (Lipinski definition) is 1. The van der Waals surface area contributed by atoms with Gasteiger partial charge in [-0.25, -0.2) is 9.78 Å². The number of amides is 1. The van der Waals surface area contributed by atoms with E-state index in [1.54, 1.807) is 12.1 Å². The lowest BCUT2D eigenvalue weighted by Crippen LogP contribution is -2.47. The van der Waals surface area contributed by atoms with Gasteiger partial charge in [-0.05, 0) is 24.6 Å². The SMILES string of the molecule is COC[C@H](NC(=O)c1cccc(C)n1)C1=NOC(Cc2ccccc2)(C(=O)OC)C1. The first-order valence-electron chi connectivity index (χ1n) is 9.58. The number of esters is 1. The largest absolute Gasteiger partial charge is 0.466 e. The minimum absolute atomic E-state index is 0.169. The number of aryl methyl sites for hydroxylation is 1. The molecule has 158 valence electrons. The van der Waals surface area contributed by atoms with E-state index >= 15 is 0 Å². The molecule has 0 saturated heterocycles. The van der Waals surface area contributed by atoms with E-state index in [1.807, 2.05) is 43.3 Å². The molecule has 0 saturated carbocycles. The molecule has 3 rings (SSSR count). The lowest BCUT2D eigenvalue weighted by atomic mass is 9.88. The highest BCUT2D eigenvalue weighted by molar-refractivity contribution is 6.01. The molecule has 1 N–H and O–H groups in total. The topological polar surface area (TPSA) is 99.1 Å². The van der Waals surface area contributed by atoms with Gasteiger partial charge >= 0.3 is 5.97 Å². The maximum atomic E-state index is 12.7. The fraction of sp³-hybridized carbons (Fsp3) is 0.364. The van der Waals surface area contributed by atoms with Gasteiger partial charge in [-0.15, -0.1) is 0 Å². The van der Waals surface area contributed by atoms with Crippen molar-refractivity contribution < 1.29 is 23.9 Å². The van der Waals surface area contributed by atoms with Crippen LogP contribution in [0, 0.1) is 6.92 Å². The predicted molar refractivity (Wildman–Crippen MR) is 110 cm³/mol. The van der Waals surface area contributed by atoms with Gasteiger partial charge in [0, 0.05) is 25.6 Å². The summed E-state index contributed by atoms with van der Waals surface area (Å²) in [5, 5.41) is 7.01. The van der Waals surface area contributed by atoms with Crippen molar-refractivity contribution in [3.63, 3.8) is 0 Å². The van der Waals surface area contributed by atoms with Crippen LogP contribution in [-0.4, -0.2) is 55.0 Å². The summed E-state index contributed by atoms with van der Waals surface area (Å²) < 4.78 is 10.3. The molecule has 0 radical (unpaired) electrons. The van der Waals surface area contributed by atoms with Crippen molar-refractivity contribution in [2.75, 3.05) is 20.8 Å². The Morgan fingerprint density at radius 2 is 1.93 bits per heavy atom. The minimum atomic E-state index is -1.29. The summed E-state index contributed by atoms with van der Waals surface area (Å²) in [4.78, 5) is 35.1. The molecule has 1 aliphatic heterocycles. The van der Waals surface area contributed by atoms with E-state index in [1.165, 1.54) is 14.2 Å². The van der Waals surface area contributed by atoms with Crippen LogP contribution in [0.4, 0.5) is 0 Å². The van der Waals surface area contributed by atoms with Crippen molar-refractivity contribution in [3.8, 4) is 0 Å². The van der Waals surface area contributed by atoms with Gasteiger partial charge < -0.3 is 19.6 Å². The van der Waals surface area contributed by atoms with E-state index in [4.69, 9.17) is 14.3 Å². The number of aromatic nitrogens is 1. The predicted octanol–water partition coefficient (Wildman–Crippen LogP) is 2.07. The van der Waals surface area contributed by atoms with Crippen LogP contribution in [0.5, 0.6) is 0 Å². The molecule has 0 spiro atoms. The molecule has 1 amide bonds. The number of benzene rings is 1. The maximum Gasteiger partial charge on any atom is 0.353 e. The van der Waals surface area contributed by atoms with Gasteiger partial charge in [0.25, 0.3) is 5.91 Å². The normalized spacial score (nSPS) is 18.8. The van der Waals surface area contributed by atoms with E-state index in [0.717, 1.165) is 11.3 Å². The van der Waals surface area contributed by atoms with Gasteiger partial charge in [0.05, 0.1) is 25.5 Å². The van der Waals surface area contributed by atoms with E-state index in [9.17, 15) is 9.59 Å². The molecule has 0 fully saturated rings. The zero-order valence-corrected chi connectivity index (χ0v) is 17.3. The number of nitrogens with zero attached hydrogens (tertiary/aromatic N) is 2. The summed E-state index contributed by atoms with van der Waals surface area (Å²) in [6.07, 6.45) is 0.463. The van der Waals surface area contributed by atoms with Crippen LogP contribution >= 0.6 is 0 Å². The fourth-order valence-electron chi connectivity index (χ4n) is 3.37. The number of rotatable bonds is 8. The molecule has 0 aliphatic carbocycles. The Kier molecular flexibility index (Phi) is 6.79. The zero-order chi connectivity index (χ0) is 21.6. The first-order valence-corrected chi connectivity index (χ1v) is 9.58. The minimum Gasteiger partial charge on any atom is -0.466 e. The van der Waals surface area contributed by atoms with E-state index < -0.39 is 17.6 Å². The number of pyridine rings is 1. The fourth-order valence-corrected chi connectivity index (χ4v) is 3.37. The third kappa shape index (κ3) is 4.83. The van der Waals surface area contributed by atoms with Gasteiger partial charge in [-0.3, -0.25) is 4.79 Å². The highest BCUT2D eigenvalue weighted by Crippen LogP contribution is 2.31.